The summed E-state index contributed by atoms with van der Waals surface area (Å²) in [5, 5.41) is 3.51. The molecule has 1 N–H and O–H groups in total. The smallest absolute Gasteiger partial charge is 0.130 e. The molecule has 1 aliphatic carbocycles. The first kappa shape index (κ1) is 14.4. The summed E-state index contributed by atoms with van der Waals surface area (Å²) in [6.07, 6.45) is 3.64. The second-order valence-corrected chi connectivity index (χ2v) is 5.93. The van der Waals surface area contributed by atoms with Crippen molar-refractivity contribution in [1.82, 2.24) is 5.32 Å². The van der Waals surface area contributed by atoms with Gasteiger partial charge in [0.05, 0.1) is 0 Å². The van der Waals surface area contributed by atoms with Crippen LogP contribution in [0.1, 0.15) is 51.6 Å². The van der Waals surface area contributed by atoms with E-state index in [-0.39, 0.29) is 6.04 Å². The molecular formula is C16H23F2N. The van der Waals surface area contributed by atoms with Crippen LogP contribution in [0.15, 0.2) is 18.2 Å². The molecule has 106 valence electrons. The average molecular weight is 267 g/mol. The van der Waals surface area contributed by atoms with Gasteiger partial charge in [-0.25, -0.2) is 8.78 Å². The van der Waals surface area contributed by atoms with Gasteiger partial charge in [0.1, 0.15) is 11.6 Å². The maximum atomic E-state index is 13.7. The molecule has 0 heterocycles. The lowest BCUT2D eigenvalue weighted by Gasteiger charge is -2.36. The van der Waals surface area contributed by atoms with Crippen LogP contribution in [0, 0.1) is 23.5 Å². The first-order valence-corrected chi connectivity index (χ1v) is 7.20. The van der Waals surface area contributed by atoms with Crippen molar-refractivity contribution in [2.24, 2.45) is 11.8 Å². The van der Waals surface area contributed by atoms with Gasteiger partial charge in [-0.05, 0) is 31.2 Å². The Morgan fingerprint density at radius 3 is 2.63 bits per heavy atom. The summed E-state index contributed by atoms with van der Waals surface area (Å²) in [5.74, 6) is 0.320. The SMILES string of the molecule is CC(NC1CCCC(C)C1C)c1ccc(F)cc1F. The van der Waals surface area contributed by atoms with Crippen molar-refractivity contribution in [3.8, 4) is 0 Å². The van der Waals surface area contributed by atoms with Gasteiger partial charge in [0.2, 0.25) is 0 Å². The molecule has 0 amide bonds. The maximum absolute atomic E-state index is 13.7. The summed E-state index contributed by atoms with van der Waals surface area (Å²) >= 11 is 0. The standard InChI is InChI=1S/C16H23F2N/c1-10-5-4-6-16(11(10)2)19-12(3)14-8-7-13(17)9-15(14)18/h7-12,16,19H,4-6H2,1-3H3. The molecule has 1 nitrogen and oxygen atoms in total. The third kappa shape index (κ3) is 3.33. The van der Waals surface area contributed by atoms with E-state index in [1.54, 1.807) is 6.07 Å². The number of hydrogen-bond acceptors (Lipinski definition) is 1. The van der Waals surface area contributed by atoms with E-state index in [1.165, 1.54) is 18.9 Å². The van der Waals surface area contributed by atoms with Gasteiger partial charge in [0.15, 0.2) is 0 Å². The molecule has 1 saturated carbocycles. The van der Waals surface area contributed by atoms with Crippen molar-refractivity contribution in [3.63, 3.8) is 0 Å². The number of hydrogen-bond donors (Lipinski definition) is 1. The van der Waals surface area contributed by atoms with E-state index < -0.39 is 11.6 Å². The van der Waals surface area contributed by atoms with Gasteiger partial charge in [0, 0.05) is 23.7 Å². The van der Waals surface area contributed by atoms with Crippen LogP contribution in [0.3, 0.4) is 0 Å². The van der Waals surface area contributed by atoms with Gasteiger partial charge in [-0.15, -0.1) is 0 Å². The lowest BCUT2D eigenvalue weighted by atomic mass is 9.77. The molecule has 4 atom stereocenters. The summed E-state index contributed by atoms with van der Waals surface area (Å²) in [6.45, 7) is 6.49. The van der Waals surface area contributed by atoms with Crippen LogP contribution in [-0.2, 0) is 0 Å². The minimum absolute atomic E-state index is 0.0849. The topological polar surface area (TPSA) is 12.0 Å². The van der Waals surface area contributed by atoms with Crippen molar-refractivity contribution in [1.29, 1.82) is 0 Å². The van der Waals surface area contributed by atoms with Gasteiger partial charge in [-0.1, -0.05) is 32.8 Å². The van der Waals surface area contributed by atoms with Crippen molar-refractivity contribution >= 4 is 0 Å². The van der Waals surface area contributed by atoms with Crippen LogP contribution in [0.2, 0.25) is 0 Å². The second-order valence-electron chi connectivity index (χ2n) is 5.93. The molecule has 0 bridgehead atoms. The highest BCUT2D eigenvalue weighted by molar-refractivity contribution is 5.21. The maximum Gasteiger partial charge on any atom is 0.130 e. The van der Waals surface area contributed by atoms with Crippen LogP contribution >= 0.6 is 0 Å². The summed E-state index contributed by atoms with van der Waals surface area (Å²) in [7, 11) is 0. The zero-order valence-corrected chi connectivity index (χ0v) is 11.9. The van der Waals surface area contributed by atoms with E-state index in [4.69, 9.17) is 0 Å². The number of rotatable bonds is 3. The van der Waals surface area contributed by atoms with Crippen molar-refractivity contribution in [2.75, 3.05) is 0 Å². The van der Waals surface area contributed by atoms with E-state index >= 15 is 0 Å². The normalized spacial score (nSPS) is 29.2. The minimum Gasteiger partial charge on any atom is -0.307 e. The monoisotopic (exact) mass is 267 g/mol. The van der Waals surface area contributed by atoms with Crippen LogP contribution in [0.25, 0.3) is 0 Å². The van der Waals surface area contributed by atoms with E-state index in [1.807, 2.05) is 6.92 Å². The predicted molar refractivity (Wildman–Crippen MR) is 73.9 cm³/mol. The van der Waals surface area contributed by atoms with Gasteiger partial charge < -0.3 is 5.32 Å². The number of halogens is 2. The van der Waals surface area contributed by atoms with Gasteiger partial charge in [0.25, 0.3) is 0 Å². The Kier molecular flexibility index (Phi) is 4.56. The lowest BCUT2D eigenvalue weighted by molar-refractivity contribution is 0.195. The number of benzene rings is 1. The Hall–Kier alpha value is -0.960. The molecule has 0 saturated heterocycles. The minimum atomic E-state index is -0.520. The Bertz CT molecular complexity index is 433. The van der Waals surface area contributed by atoms with Gasteiger partial charge in [-0.2, -0.15) is 0 Å². The highest BCUT2D eigenvalue weighted by atomic mass is 19.1. The zero-order chi connectivity index (χ0) is 14.0. The Morgan fingerprint density at radius 2 is 1.95 bits per heavy atom. The summed E-state index contributed by atoms with van der Waals surface area (Å²) in [6, 6.07) is 4.16. The fraction of sp³-hybridized carbons (Fsp3) is 0.625. The van der Waals surface area contributed by atoms with Crippen LogP contribution in [0.4, 0.5) is 8.78 Å². The molecule has 2 rings (SSSR count). The third-order valence-corrected chi connectivity index (χ3v) is 4.60. The average Bonchev–Trinajstić information content (AvgIpc) is 2.34. The second kappa shape index (κ2) is 6.00. The fourth-order valence-corrected chi connectivity index (χ4v) is 3.08. The molecule has 1 aromatic carbocycles. The highest BCUT2D eigenvalue weighted by Crippen LogP contribution is 2.31. The molecule has 0 aliphatic heterocycles. The predicted octanol–water partition coefficient (Wildman–Crippen LogP) is 4.44. The summed E-state index contributed by atoms with van der Waals surface area (Å²) < 4.78 is 26.7. The molecule has 0 spiro atoms. The highest BCUT2D eigenvalue weighted by Gasteiger charge is 2.28. The first-order chi connectivity index (χ1) is 8.99. The van der Waals surface area contributed by atoms with Gasteiger partial charge >= 0.3 is 0 Å². The largest absolute Gasteiger partial charge is 0.307 e. The Morgan fingerprint density at radius 1 is 1.21 bits per heavy atom. The molecule has 19 heavy (non-hydrogen) atoms. The molecule has 0 aromatic heterocycles. The molecule has 1 aliphatic rings. The number of nitrogens with one attached hydrogen (secondary N) is 1. The van der Waals surface area contributed by atoms with E-state index in [0.717, 1.165) is 12.5 Å². The van der Waals surface area contributed by atoms with Crippen LogP contribution in [-0.4, -0.2) is 6.04 Å². The lowest BCUT2D eigenvalue weighted by Crippen LogP contribution is -2.41. The van der Waals surface area contributed by atoms with Crippen molar-refractivity contribution in [2.45, 2.75) is 52.1 Å². The molecule has 1 aromatic rings. The van der Waals surface area contributed by atoms with E-state index in [9.17, 15) is 8.78 Å². The quantitative estimate of drug-likeness (QED) is 0.853. The van der Waals surface area contributed by atoms with E-state index in [2.05, 4.69) is 19.2 Å². The van der Waals surface area contributed by atoms with Crippen LogP contribution in [0.5, 0.6) is 0 Å². The Labute approximate surface area is 114 Å². The van der Waals surface area contributed by atoms with Crippen LogP contribution < -0.4 is 5.32 Å². The summed E-state index contributed by atoms with van der Waals surface area (Å²) in [5.41, 5.74) is 0.548. The van der Waals surface area contributed by atoms with Crippen molar-refractivity contribution in [3.05, 3.63) is 35.4 Å². The molecule has 0 radical (unpaired) electrons. The van der Waals surface area contributed by atoms with Crippen molar-refractivity contribution < 1.29 is 8.78 Å². The zero-order valence-electron chi connectivity index (χ0n) is 11.9. The summed E-state index contributed by atoms with van der Waals surface area (Å²) in [4.78, 5) is 0. The third-order valence-electron chi connectivity index (χ3n) is 4.60. The van der Waals surface area contributed by atoms with Gasteiger partial charge in [-0.3, -0.25) is 0 Å². The fourth-order valence-electron chi connectivity index (χ4n) is 3.08. The Balaban J connectivity index is 2.05. The molecule has 1 fully saturated rings. The first-order valence-electron chi connectivity index (χ1n) is 7.20. The van der Waals surface area contributed by atoms with E-state index in [0.29, 0.717) is 23.4 Å². The molecule has 4 unspecified atom stereocenters. The molecular weight excluding hydrogens is 244 g/mol. The molecule has 3 heteroatoms.